The second kappa shape index (κ2) is 11.3. The summed E-state index contributed by atoms with van der Waals surface area (Å²) in [4.78, 5) is 28.9. The molecule has 152 valence electrons. The number of carbonyl (C=O) groups is 2. The normalized spacial score (nSPS) is 29.2. The molecule has 0 aromatic heterocycles. The summed E-state index contributed by atoms with van der Waals surface area (Å²) in [6, 6.07) is 0.194. The minimum Gasteiger partial charge on any atom is -0.379 e. The van der Waals surface area contributed by atoms with E-state index in [2.05, 4.69) is 10.2 Å². The third kappa shape index (κ3) is 5.96. The zero-order valence-electron chi connectivity index (χ0n) is 15.2. The summed E-state index contributed by atoms with van der Waals surface area (Å²) in [6.07, 6.45) is 3.57. The van der Waals surface area contributed by atoms with Gasteiger partial charge in [0.05, 0.1) is 19.1 Å². The predicted octanol–water partition coefficient (Wildman–Crippen LogP) is 0.254. The van der Waals surface area contributed by atoms with Crippen LogP contribution in [-0.2, 0) is 14.3 Å². The summed E-state index contributed by atoms with van der Waals surface area (Å²) in [6.45, 7) is 6.13. The summed E-state index contributed by atoms with van der Waals surface area (Å²) in [5, 5.41) is 3.14. The Labute approximate surface area is 168 Å². The third-order valence-electron chi connectivity index (χ3n) is 5.66. The van der Waals surface area contributed by atoms with Crippen molar-refractivity contribution in [3.63, 3.8) is 0 Å². The van der Waals surface area contributed by atoms with Crippen LogP contribution in [0, 0.1) is 11.8 Å². The van der Waals surface area contributed by atoms with Gasteiger partial charge in [-0.3, -0.25) is 14.5 Å². The van der Waals surface area contributed by atoms with E-state index in [1.165, 1.54) is 0 Å². The molecule has 0 radical (unpaired) electrons. The first-order chi connectivity index (χ1) is 11.7. The largest absolute Gasteiger partial charge is 0.379 e. The Kier molecular flexibility index (Phi) is 10.2. The van der Waals surface area contributed by atoms with Gasteiger partial charge in [-0.25, -0.2) is 0 Å². The lowest BCUT2D eigenvalue weighted by Gasteiger charge is -2.28. The van der Waals surface area contributed by atoms with Crippen molar-refractivity contribution in [3.05, 3.63) is 0 Å². The van der Waals surface area contributed by atoms with Gasteiger partial charge in [-0.05, 0) is 25.3 Å². The zero-order chi connectivity index (χ0) is 16.9. The first-order valence-corrected chi connectivity index (χ1v) is 9.25. The molecule has 1 aliphatic carbocycles. The van der Waals surface area contributed by atoms with Gasteiger partial charge in [0.1, 0.15) is 0 Å². The predicted molar refractivity (Wildman–Crippen MR) is 105 cm³/mol. The number of hydrogen-bond donors (Lipinski definition) is 2. The van der Waals surface area contributed by atoms with Crippen molar-refractivity contribution in [1.29, 1.82) is 0 Å². The number of carbonyl (C=O) groups excluding carboxylic acids is 2. The van der Waals surface area contributed by atoms with Gasteiger partial charge in [0, 0.05) is 45.2 Å². The molecule has 0 aromatic rings. The summed E-state index contributed by atoms with van der Waals surface area (Å²) in [5.41, 5.74) is 5.78. The lowest BCUT2D eigenvalue weighted by atomic mass is 10.0. The first kappa shape index (κ1) is 23.4. The highest BCUT2D eigenvalue weighted by Crippen LogP contribution is 2.26. The third-order valence-corrected chi connectivity index (χ3v) is 5.66. The molecule has 2 aliphatic heterocycles. The standard InChI is InChI=1S/C17H30N4O3.2ClH/c18-11-13-2-1-3-15(13)19-17(23)14-10-16(22)21(12-14)5-4-20-6-8-24-9-7-20;;/h13-15H,1-12,18H2,(H,19,23);2*1H. The van der Waals surface area contributed by atoms with E-state index >= 15 is 0 Å². The van der Waals surface area contributed by atoms with E-state index < -0.39 is 0 Å². The van der Waals surface area contributed by atoms with Gasteiger partial charge >= 0.3 is 0 Å². The molecule has 0 spiro atoms. The molecule has 26 heavy (non-hydrogen) atoms. The molecular weight excluding hydrogens is 379 g/mol. The number of halogens is 2. The number of nitrogens with two attached hydrogens (primary N) is 1. The second-order valence-electron chi connectivity index (χ2n) is 7.24. The van der Waals surface area contributed by atoms with Gasteiger partial charge in [0.2, 0.25) is 11.8 Å². The van der Waals surface area contributed by atoms with Crippen LogP contribution in [0.1, 0.15) is 25.7 Å². The fourth-order valence-corrected chi connectivity index (χ4v) is 4.06. The van der Waals surface area contributed by atoms with E-state index in [9.17, 15) is 9.59 Å². The Balaban J connectivity index is 0.00000169. The SMILES string of the molecule is Cl.Cl.NCC1CCCC1NC(=O)C1CC(=O)N(CCN2CCOCC2)C1. The highest BCUT2D eigenvalue weighted by Gasteiger charge is 2.36. The van der Waals surface area contributed by atoms with Crippen molar-refractivity contribution in [3.8, 4) is 0 Å². The van der Waals surface area contributed by atoms with Crippen molar-refractivity contribution in [1.82, 2.24) is 15.1 Å². The van der Waals surface area contributed by atoms with Crippen LogP contribution in [0.4, 0.5) is 0 Å². The number of amides is 2. The molecule has 3 atom stereocenters. The summed E-state index contributed by atoms with van der Waals surface area (Å²) < 4.78 is 5.34. The molecule has 3 rings (SSSR count). The number of morpholine rings is 1. The average molecular weight is 411 g/mol. The molecular formula is C17H32Cl2N4O3. The van der Waals surface area contributed by atoms with Crippen LogP contribution in [0.2, 0.25) is 0 Å². The Morgan fingerprint density at radius 3 is 2.62 bits per heavy atom. The zero-order valence-corrected chi connectivity index (χ0v) is 16.9. The maximum Gasteiger partial charge on any atom is 0.225 e. The smallest absolute Gasteiger partial charge is 0.225 e. The molecule has 2 amide bonds. The van der Waals surface area contributed by atoms with E-state index in [0.717, 1.165) is 52.1 Å². The van der Waals surface area contributed by atoms with Crippen LogP contribution >= 0.6 is 24.8 Å². The lowest BCUT2D eigenvalue weighted by Crippen LogP contribution is -2.44. The van der Waals surface area contributed by atoms with Crippen LogP contribution in [0.25, 0.3) is 0 Å². The summed E-state index contributed by atoms with van der Waals surface area (Å²) in [5.74, 6) is 0.317. The Hall–Kier alpha value is -0.600. The Morgan fingerprint density at radius 1 is 1.19 bits per heavy atom. The molecule has 1 saturated carbocycles. The molecule has 2 heterocycles. The number of ether oxygens (including phenoxy) is 1. The van der Waals surface area contributed by atoms with Crippen molar-refractivity contribution in [2.24, 2.45) is 17.6 Å². The van der Waals surface area contributed by atoms with E-state index in [1.54, 1.807) is 0 Å². The van der Waals surface area contributed by atoms with E-state index in [1.807, 2.05) is 4.90 Å². The molecule has 3 N–H and O–H groups in total. The van der Waals surface area contributed by atoms with Gasteiger partial charge < -0.3 is 20.7 Å². The number of rotatable bonds is 6. The fourth-order valence-electron chi connectivity index (χ4n) is 4.06. The topological polar surface area (TPSA) is 87.9 Å². The molecule has 3 unspecified atom stereocenters. The average Bonchev–Trinajstić information content (AvgIpc) is 3.20. The number of nitrogens with one attached hydrogen (secondary N) is 1. The van der Waals surface area contributed by atoms with Crippen LogP contribution in [0.5, 0.6) is 0 Å². The molecule has 9 heteroatoms. The molecule has 3 fully saturated rings. The highest BCUT2D eigenvalue weighted by molar-refractivity contribution is 5.89. The quantitative estimate of drug-likeness (QED) is 0.655. The van der Waals surface area contributed by atoms with Gasteiger partial charge in [0.15, 0.2) is 0 Å². The van der Waals surface area contributed by atoms with Crippen LogP contribution in [0.3, 0.4) is 0 Å². The minimum atomic E-state index is -0.207. The summed E-state index contributed by atoms with van der Waals surface area (Å²) in [7, 11) is 0. The second-order valence-corrected chi connectivity index (χ2v) is 7.24. The number of nitrogens with zero attached hydrogens (tertiary/aromatic N) is 2. The maximum absolute atomic E-state index is 12.5. The van der Waals surface area contributed by atoms with Crippen LogP contribution in [0.15, 0.2) is 0 Å². The summed E-state index contributed by atoms with van der Waals surface area (Å²) >= 11 is 0. The van der Waals surface area contributed by atoms with Crippen molar-refractivity contribution < 1.29 is 14.3 Å². The van der Waals surface area contributed by atoms with Crippen LogP contribution in [-0.4, -0.2) is 80.1 Å². The Bertz CT molecular complexity index is 463. The lowest BCUT2D eigenvalue weighted by molar-refractivity contribution is -0.129. The van der Waals surface area contributed by atoms with Crippen molar-refractivity contribution in [2.45, 2.75) is 31.7 Å². The Morgan fingerprint density at radius 2 is 1.92 bits per heavy atom. The molecule has 0 aromatic carbocycles. The fraction of sp³-hybridized carbons (Fsp3) is 0.882. The molecule has 2 saturated heterocycles. The molecule has 3 aliphatic rings. The monoisotopic (exact) mass is 410 g/mol. The van der Waals surface area contributed by atoms with Gasteiger partial charge in [-0.1, -0.05) is 6.42 Å². The first-order valence-electron chi connectivity index (χ1n) is 9.25. The highest BCUT2D eigenvalue weighted by atomic mass is 35.5. The number of hydrogen-bond acceptors (Lipinski definition) is 5. The van der Waals surface area contributed by atoms with Crippen molar-refractivity contribution in [2.75, 3.05) is 52.5 Å². The van der Waals surface area contributed by atoms with Gasteiger partial charge in [0.25, 0.3) is 0 Å². The number of likely N-dealkylation sites (tertiary alicyclic amines) is 1. The van der Waals surface area contributed by atoms with Gasteiger partial charge in [-0.2, -0.15) is 0 Å². The molecule has 0 bridgehead atoms. The van der Waals surface area contributed by atoms with E-state index in [-0.39, 0.29) is 48.6 Å². The van der Waals surface area contributed by atoms with E-state index in [0.29, 0.717) is 32.0 Å². The maximum atomic E-state index is 12.5. The van der Waals surface area contributed by atoms with Crippen LogP contribution < -0.4 is 11.1 Å². The molecule has 7 nitrogen and oxygen atoms in total. The van der Waals surface area contributed by atoms with E-state index in [4.69, 9.17) is 10.5 Å². The van der Waals surface area contributed by atoms with Gasteiger partial charge in [-0.15, -0.1) is 24.8 Å². The minimum absolute atomic E-state index is 0. The van der Waals surface area contributed by atoms with Crippen molar-refractivity contribution >= 4 is 36.6 Å².